The highest BCUT2D eigenvalue weighted by Crippen LogP contribution is 2.30. The SMILES string of the molecule is Cc1c(C)c(COc2ccc(-n3cnc4ccccc43)cc2)c(C)c(C)c1COc1ccc(-n2cnc3ccccc32)cc1. The average molecular weight is 579 g/mol. The Morgan fingerprint density at radius 1 is 0.477 bits per heavy atom. The molecule has 0 aliphatic rings. The first-order chi connectivity index (χ1) is 21.5. The third kappa shape index (κ3) is 4.98. The number of para-hydroxylation sites is 4. The first-order valence-corrected chi connectivity index (χ1v) is 14.9. The zero-order valence-corrected chi connectivity index (χ0v) is 25.4. The summed E-state index contributed by atoms with van der Waals surface area (Å²) in [4.78, 5) is 9.02. The summed E-state index contributed by atoms with van der Waals surface area (Å²) in [5, 5.41) is 0. The first kappa shape index (κ1) is 27.5. The maximum absolute atomic E-state index is 6.30. The van der Waals surface area contributed by atoms with Crippen molar-refractivity contribution in [2.75, 3.05) is 0 Å². The molecule has 0 spiro atoms. The highest BCUT2D eigenvalue weighted by Gasteiger charge is 2.16. The van der Waals surface area contributed by atoms with Gasteiger partial charge < -0.3 is 9.47 Å². The third-order valence-electron chi connectivity index (χ3n) is 8.84. The predicted molar refractivity (Wildman–Crippen MR) is 176 cm³/mol. The van der Waals surface area contributed by atoms with Gasteiger partial charge in [0.1, 0.15) is 37.4 Å². The van der Waals surface area contributed by atoms with Crippen LogP contribution < -0.4 is 9.47 Å². The maximum Gasteiger partial charge on any atom is 0.119 e. The van der Waals surface area contributed by atoms with Gasteiger partial charge in [-0.15, -0.1) is 0 Å². The summed E-state index contributed by atoms with van der Waals surface area (Å²) >= 11 is 0. The molecular formula is C38H34N4O2. The summed E-state index contributed by atoms with van der Waals surface area (Å²) in [5.41, 5.74) is 13.7. The van der Waals surface area contributed by atoms with E-state index in [0.29, 0.717) is 13.2 Å². The van der Waals surface area contributed by atoms with E-state index >= 15 is 0 Å². The molecule has 0 aliphatic heterocycles. The number of hydrogen-bond acceptors (Lipinski definition) is 4. The molecule has 0 amide bonds. The predicted octanol–water partition coefficient (Wildman–Crippen LogP) is 8.76. The van der Waals surface area contributed by atoms with Crippen molar-refractivity contribution in [1.29, 1.82) is 0 Å². The van der Waals surface area contributed by atoms with Gasteiger partial charge in [-0.25, -0.2) is 9.97 Å². The molecule has 7 rings (SSSR count). The molecule has 5 aromatic carbocycles. The molecule has 0 atom stereocenters. The van der Waals surface area contributed by atoms with E-state index in [-0.39, 0.29) is 0 Å². The molecular weight excluding hydrogens is 544 g/mol. The van der Waals surface area contributed by atoms with E-state index in [1.165, 1.54) is 33.4 Å². The summed E-state index contributed by atoms with van der Waals surface area (Å²) in [7, 11) is 0. The van der Waals surface area contributed by atoms with E-state index in [1.54, 1.807) is 0 Å². The van der Waals surface area contributed by atoms with E-state index in [9.17, 15) is 0 Å². The fraction of sp³-hybridized carbons (Fsp3) is 0.158. The lowest BCUT2D eigenvalue weighted by atomic mass is 9.89. The van der Waals surface area contributed by atoms with Gasteiger partial charge in [-0.05, 0) is 134 Å². The van der Waals surface area contributed by atoms with Crippen molar-refractivity contribution in [3.05, 3.63) is 143 Å². The van der Waals surface area contributed by atoms with Crippen LogP contribution in [0.15, 0.2) is 110 Å². The quantitative estimate of drug-likeness (QED) is 0.181. The van der Waals surface area contributed by atoms with E-state index < -0.39 is 0 Å². The Balaban J connectivity index is 1.04. The van der Waals surface area contributed by atoms with Crippen LogP contribution in [0.1, 0.15) is 33.4 Å². The average Bonchev–Trinajstić information content (AvgIpc) is 3.69. The zero-order valence-electron chi connectivity index (χ0n) is 25.4. The molecule has 6 nitrogen and oxygen atoms in total. The Morgan fingerprint density at radius 3 is 1.23 bits per heavy atom. The number of nitrogens with zero attached hydrogens (tertiary/aromatic N) is 4. The fourth-order valence-electron chi connectivity index (χ4n) is 5.95. The minimum absolute atomic E-state index is 0.512. The van der Waals surface area contributed by atoms with Gasteiger partial charge in [0, 0.05) is 11.4 Å². The second-order valence-electron chi connectivity index (χ2n) is 11.2. The van der Waals surface area contributed by atoms with E-state index in [1.807, 2.05) is 73.3 Å². The van der Waals surface area contributed by atoms with Crippen LogP contribution in [0, 0.1) is 27.7 Å². The largest absolute Gasteiger partial charge is 0.489 e. The molecule has 0 N–H and O–H groups in total. The summed E-state index contributed by atoms with van der Waals surface area (Å²) in [6.07, 6.45) is 3.73. The van der Waals surface area contributed by atoms with E-state index in [0.717, 1.165) is 44.9 Å². The minimum Gasteiger partial charge on any atom is -0.489 e. The number of fused-ring (bicyclic) bond motifs is 2. The van der Waals surface area contributed by atoms with Crippen LogP contribution in [0.5, 0.6) is 11.5 Å². The lowest BCUT2D eigenvalue weighted by Crippen LogP contribution is -2.10. The van der Waals surface area contributed by atoms with Crippen molar-refractivity contribution in [3.63, 3.8) is 0 Å². The second-order valence-corrected chi connectivity index (χ2v) is 11.2. The molecule has 44 heavy (non-hydrogen) atoms. The standard InChI is InChI=1S/C38H34N4O2/c1-25-26(2)34(22-44-32-19-15-30(16-20-32)42-24-40-36-10-6-8-12-38(36)42)28(4)27(3)33(25)21-43-31-17-13-29(14-18-31)41-23-39-35-9-5-7-11-37(35)41/h5-20,23-24H,21-22H2,1-4H3. The van der Waals surface area contributed by atoms with Crippen molar-refractivity contribution in [2.24, 2.45) is 0 Å². The Labute approximate surface area is 257 Å². The van der Waals surface area contributed by atoms with E-state index in [2.05, 4.69) is 83.2 Å². The van der Waals surface area contributed by atoms with Crippen molar-refractivity contribution in [2.45, 2.75) is 40.9 Å². The molecule has 2 aromatic heterocycles. The Bertz CT molecular complexity index is 1920. The van der Waals surface area contributed by atoms with Gasteiger partial charge in [-0.1, -0.05) is 24.3 Å². The Hall–Kier alpha value is -5.36. The number of ether oxygens (including phenoxy) is 2. The van der Waals surface area contributed by atoms with E-state index in [4.69, 9.17) is 9.47 Å². The topological polar surface area (TPSA) is 54.1 Å². The molecule has 0 bridgehead atoms. The summed E-state index contributed by atoms with van der Waals surface area (Å²) in [6, 6.07) is 32.7. The molecule has 0 aliphatic carbocycles. The van der Waals surface area contributed by atoms with Crippen LogP contribution in [0.2, 0.25) is 0 Å². The molecule has 0 unspecified atom stereocenters. The van der Waals surface area contributed by atoms with Crippen molar-refractivity contribution in [3.8, 4) is 22.9 Å². The molecule has 0 radical (unpaired) electrons. The normalized spacial score (nSPS) is 11.4. The van der Waals surface area contributed by atoms with Crippen LogP contribution in [0.25, 0.3) is 33.4 Å². The maximum atomic E-state index is 6.30. The highest BCUT2D eigenvalue weighted by atomic mass is 16.5. The number of hydrogen-bond donors (Lipinski definition) is 0. The monoisotopic (exact) mass is 578 g/mol. The lowest BCUT2D eigenvalue weighted by Gasteiger charge is -2.21. The van der Waals surface area contributed by atoms with Crippen LogP contribution in [0.3, 0.4) is 0 Å². The summed E-state index contributed by atoms with van der Waals surface area (Å²) in [6.45, 7) is 9.75. The Kier molecular flexibility index (Phi) is 7.10. The summed E-state index contributed by atoms with van der Waals surface area (Å²) in [5.74, 6) is 1.68. The molecule has 0 fully saturated rings. The van der Waals surface area contributed by atoms with Crippen molar-refractivity contribution in [1.82, 2.24) is 19.1 Å². The minimum atomic E-state index is 0.512. The van der Waals surface area contributed by atoms with Crippen molar-refractivity contribution < 1.29 is 9.47 Å². The first-order valence-electron chi connectivity index (χ1n) is 14.9. The van der Waals surface area contributed by atoms with Crippen LogP contribution in [-0.4, -0.2) is 19.1 Å². The fourth-order valence-corrected chi connectivity index (χ4v) is 5.95. The summed E-state index contributed by atoms with van der Waals surface area (Å²) < 4.78 is 16.8. The number of rotatable bonds is 8. The van der Waals surface area contributed by atoms with Crippen LogP contribution in [0.4, 0.5) is 0 Å². The molecule has 0 saturated heterocycles. The van der Waals surface area contributed by atoms with Crippen LogP contribution >= 0.6 is 0 Å². The van der Waals surface area contributed by atoms with Gasteiger partial charge in [-0.2, -0.15) is 0 Å². The van der Waals surface area contributed by atoms with Gasteiger partial charge >= 0.3 is 0 Å². The van der Waals surface area contributed by atoms with Crippen molar-refractivity contribution >= 4 is 22.1 Å². The van der Waals surface area contributed by atoms with Gasteiger partial charge in [0.15, 0.2) is 0 Å². The smallest absolute Gasteiger partial charge is 0.119 e. The van der Waals surface area contributed by atoms with Gasteiger partial charge in [0.05, 0.1) is 22.1 Å². The molecule has 7 aromatic rings. The number of imidazole rings is 2. The third-order valence-corrected chi connectivity index (χ3v) is 8.84. The van der Waals surface area contributed by atoms with Gasteiger partial charge in [0.25, 0.3) is 0 Å². The lowest BCUT2D eigenvalue weighted by molar-refractivity contribution is 0.299. The highest BCUT2D eigenvalue weighted by molar-refractivity contribution is 5.78. The zero-order chi connectivity index (χ0) is 30.2. The van der Waals surface area contributed by atoms with Gasteiger partial charge in [-0.3, -0.25) is 9.13 Å². The molecule has 218 valence electrons. The molecule has 0 saturated carbocycles. The molecule has 2 heterocycles. The molecule has 6 heteroatoms. The second kappa shape index (κ2) is 11.4. The number of benzene rings is 5. The van der Waals surface area contributed by atoms with Crippen LogP contribution in [-0.2, 0) is 13.2 Å². The number of aromatic nitrogens is 4. The van der Waals surface area contributed by atoms with Gasteiger partial charge in [0.2, 0.25) is 0 Å². The Morgan fingerprint density at radius 2 is 0.841 bits per heavy atom.